The Kier molecular flexibility index (Phi) is 6.58. The van der Waals surface area contributed by atoms with Gasteiger partial charge >= 0.3 is 0 Å². The summed E-state index contributed by atoms with van der Waals surface area (Å²) < 4.78 is 5.70. The highest BCUT2D eigenvalue weighted by Gasteiger charge is 2.09. The molecule has 0 bridgehead atoms. The number of carbonyl (C=O) groups excluding carboxylic acids is 2. The van der Waals surface area contributed by atoms with Crippen LogP contribution in [0.2, 0.25) is 0 Å². The Morgan fingerprint density at radius 3 is 2.48 bits per heavy atom. The lowest BCUT2D eigenvalue weighted by Crippen LogP contribution is -2.16. The monoisotopic (exact) mass is 389 g/mol. The van der Waals surface area contributed by atoms with Crippen molar-refractivity contribution in [3.05, 3.63) is 83.7 Å². The molecule has 0 radical (unpaired) electrons. The van der Waals surface area contributed by atoms with Crippen molar-refractivity contribution >= 4 is 23.2 Å². The van der Waals surface area contributed by atoms with Crippen LogP contribution in [0.1, 0.15) is 27.9 Å². The summed E-state index contributed by atoms with van der Waals surface area (Å²) in [5.41, 5.74) is 3.87. The largest absolute Gasteiger partial charge is 0.493 e. The SMILES string of the molecule is Cc1ccc(OCCC(=O)Nc2cccc(C(=O)Nc3ccncc3)c2)c(C)c1. The van der Waals surface area contributed by atoms with Crippen LogP contribution in [0.5, 0.6) is 5.75 Å². The predicted octanol–water partition coefficient (Wildman–Crippen LogP) is 4.36. The number of nitrogens with one attached hydrogen (secondary N) is 2. The zero-order valence-electron chi connectivity index (χ0n) is 16.4. The van der Waals surface area contributed by atoms with Crippen molar-refractivity contribution in [2.75, 3.05) is 17.2 Å². The number of pyridine rings is 1. The van der Waals surface area contributed by atoms with Crippen molar-refractivity contribution in [2.24, 2.45) is 0 Å². The van der Waals surface area contributed by atoms with Crippen LogP contribution in [0, 0.1) is 13.8 Å². The van der Waals surface area contributed by atoms with Crippen molar-refractivity contribution < 1.29 is 14.3 Å². The highest BCUT2D eigenvalue weighted by molar-refractivity contribution is 6.05. The Labute approximate surface area is 169 Å². The molecule has 6 heteroatoms. The molecule has 1 aromatic heterocycles. The number of hydrogen-bond acceptors (Lipinski definition) is 4. The number of aromatic nitrogens is 1. The fraction of sp³-hybridized carbons (Fsp3) is 0.174. The van der Waals surface area contributed by atoms with E-state index in [1.54, 1.807) is 48.8 Å². The number of hydrogen-bond donors (Lipinski definition) is 2. The highest BCUT2D eigenvalue weighted by Crippen LogP contribution is 2.19. The Morgan fingerprint density at radius 2 is 1.72 bits per heavy atom. The third-order valence-corrected chi connectivity index (χ3v) is 4.26. The summed E-state index contributed by atoms with van der Waals surface area (Å²) in [6.45, 7) is 4.28. The average Bonchev–Trinajstić information content (AvgIpc) is 2.70. The second-order valence-corrected chi connectivity index (χ2v) is 6.69. The lowest BCUT2D eigenvalue weighted by atomic mass is 10.1. The number of rotatable bonds is 7. The molecule has 0 saturated carbocycles. The number of carbonyl (C=O) groups is 2. The first kappa shape index (κ1) is 20.1. The van der Waals surface area contributed by atoms with Crippen molar-refractivity contribution in [3.63, 3.8) is 0 Å². The van der Waals surface area contributed by atoms with E-state index in [9.17, 15) is 9.59 Å². The maximum absolute atomic E-state index is 12.4. The minimum absolute atomic E-state index is 0.179. The Hall–Kier alpha value is -3.67. The van der Waals surface area contributed by atoms with Gasteiger partial charge in [-0.15, -0.1) is 0 Å². The molecular weight excluding hydrogens is 366 g/mol. The minimum Gasteiger partial charge on any atom is -0.493 e. The van der Waals surface area contributed by atoms with Crippen LogP contribution in [0.3, 0.4) is 0 Å². The number of anilines is 2. The van der Waals surface area contributed by atoms with E-state index < -0.39 is 0 Å². The van der Waals surface area contributed by atoms with Crippen LogP contribution in [-0.2, 0) is 4.79 Å². The number of ether oxygens (including phenoxy) is 1. The van der Waals surface area contributed by atoms with Gasteiger partial charge in [0.15, 0.2) is 0 Å². The van der Waals surface area contributed by atoms with E-state index in [1.165, 1.54) is 5.56 Å². The van der Waals surface area contributed by atoms with Gasteiger partial charge in [-0.2, -0.15) is 0 Å². The van der Waals surface area contributed by atoms with Crippen molar-refractivity contribution in [3.8, 4) is 5.75 Å². The van der Waals surface area contributed by atoms with Crippen molar-refractivity contribution in [2.45, 2.75) is 20.3 Å². The summed E-state index contributed by atoms with van der Waals surface area (Å²) in [5.74, 6) is 0.338. The molecule has 2 amide bonds. The van der Waals surface area contributed by atoms with Crippen LogP contribution in [0.25, 0.3) is 0 Å². The molecule has 0 aliphatic heterocycles. The Morgan fingerprint density at radius 1 is 0.931 bits per heavy atom. The van der Waals surface area contributed by atoms with E-state index in [-0.39, 0.29) is 24.8 Å². The summed E-state index contributed by atoms with van der Waals surface area (Å²) >= 11 is 0. The van der Waals surface area contributed by atoms with Gasteiger partial charge in [-0.25, -0.2) is 0 Å². The van der Waals surface area contributed by atoms with Crippen molar-refractivity contribution in [1.82, 2.24) is 4.98 Å². The number of aryl methyl sites for hydroxylation is 2. The molecule has 0 aliphatic rings. The molecule has 3 rings (SSSR count). The summed E-state index contributed by atoms with van der Waals surface area (Å²) in [4.78, 5) is 28.5. The number of nitrogens with zero attached hydrogens (tertiary/aromatic N) is 1. The van der Waals surface area contributed by atoms with E-state index >= 15 is 0 Å². The van der Waals surface area contributed by atoms with Gasteiger partial charge < -0.3 is 15.4 Å². The smallest absolute Gasteiger partial charge is 0.255 e. The molecule has 0 atom stereocenters. The van der Waals surface area contributed by atoms with Gasteiger partial charge in [0.1, 0.15) is 5.75 Å². The first-order valence-electron chi connectivity index (χ1n) is 9.32. The van der Waals surface area contributed by atoms with E-state index in [1.807, 2.05) is 32.0 Å². The number of amides is 2. The van der Waals surface area contributed by atoms with Gasteiger partial charge in [0, 0.05) is 29.3 Å². The third kappa shape index (κ3) is 5.90. The van der Waals surface area contributed by atoms with Crippen LogP contribution in [0.15, 0.2) is 67.0 Å². The fourth-order valence-corrected chi connectivity index (χ4v) is 2.82. The fourth-order valence-electron chi connectivity index (χ4n) is 2.82. The summed E-state index contributed by atoms with van der Waals surface area (Å²) in [6, 6.07) is 16.1. The van der Waals surface area contributed by atoms with Crippen LogP contribution in [-0.4, -0.2) is 23.4 Å². The van der Waals surface area contributed by atoms with E-state index in [4.69, 9.17) is 4.74 Å². The van der Waals surface area contributed by atoms with Crippen LogP contribution < -0.4 is 15.4 Å². The lowest BCUT2D eigenvalue weighted by molar-refractivity contribution is -0.116. The quantitative estimate of drug-likeness (QED) is 0.629. The molecule has 2 N–H and O–H groups in total. The van der Waals surface area contributed by atoms with Gasteiger partial charge in [-0.3, -0.25) is 14.6 Å². The first-order valence-corrected chi connectivity index (χ1v) is 9.32. The summed E-state index contributed by atoms with van der Waals surface area (Å²) in [5, 5.41) is 5.59. The Bertz CT molecular complexity index is 1000. The molecule has 148 valence electrons. The van der Waals surface area contributed by atoms with Gasteiger partial charge in [0.2, 0.25) is 5.91 Å². The normalized spacial score (nSPS) is 10.3. The molecule has 2 aromatic carbocycles. The van der Waals surface area contributed by atoms with E-state index in [0.717, 1.165) is 11.3 Å². The standard InChI is InChI=1S/C23H23N3O3/c1-16-6-7-21(17(2)14-16)29-13-10-22(27)25-20-5-3-4-18(15-20)23(28)26-19-8-11-24-12-9-19/h3-9,11-12,14-15H,10,13H2,1-2H3,(H,25,27)(H,24,26,28). The molecule has 29 heavy (non-hydrogen) atoms. The molecule has 0 fully saturated rings. The third-order valence-electron chi connectivity index (χ3n) is 4.26. The summed E-state index contributed by atoms with van der Waals surface area (Å²) in [6.07, 6.45) is 3.42. The van der Waals surface area contributed by atoms with Gasteiger partial charge in [-0.1, -0.05) is 23.8 Å². The molecule has 1 heterocycles. The van der Waals surface area contributed by atoms with Gasteiger partial charge in [-0.05, 0) is 55.8 Å². The molecule has 0 saturated heterocycles. The van der Waals surface area contributed by atoms with Crippen LogP contribution >= 0.6 is 0 Å². The topological polar surface area (TPSA) is 80.3 Å². The molecule has 0 aliphatic carbocycles. The van der Waals surface area contributed by atoms with Crippen molar-refractivity contribution in [1.29, 1.82) is 0 Å². The molecule has 0 unspecified atom stereocenters. The molecule has 3 aromatic rings. The maximum Gasteiger partial charge on any atom is 0.255 e. The Balaban J connectivity index is 1.52. The summed E-state index contributed by atoms with van der Waals surface area (Å²) in [7, 11) is 0. The molecule has 0 spiro atoms. The second kappa shape index (κ2) is 9.50. The second-order valence-electron chi connectivity index (χ2n) is 6.69. The zero-order chi connectivity index (χ0) is 20.6. The average molecular weight is 389 g/mol. The van der Waals surface area contributed by atoms with Crippen LogP contribution in [0.4, 0.5) is 11.4 Å². The lowest BCUT2D eigenvalue weighted by Gasteiger charge is -2.11. The minimum atomic E-state index is -0.259. The van der Waals surface area contributed by atoms with E-state index in [2.05, 4.69) is 15.6 Å². The molecule has 6 nitrogen and oxygen atoms in total. The zero-order valence-corrected chi connectivity index (χ0v) is 16.4. The number of benzene rings is 2. The predicted molar refractivity (Wildman–Crippen MR) is 113 cm³/mol. The van der Waals surface area contributed by atoms with Gasteiger partial charge in [0.25, 0.3) is 5.91 Å². The highest BCUT2D eigenvalue weighted by atomic mass is 16.5. The van der Waals surface area contributed by atoms with Gasteiger partial charge in [0.05, 0.1) is 13.0 Å². The maximum atomic E-state index is 12.4. The van der Waals surface area contributed by atoms with E-state index in [0.29, 0.717) is 16.9 Å². The molecular formula is C23H23N3O3. The first-order chi connectivity index (χ1) is 14.0.